The Labute approximate surface area is 109 Å². The predicted molar refractivity (Wildman–Crippen MR) is 65.4 cm³/mol. The molecule has 2 N–H and O–H groups in total. The average Bonchev–Trinajstić information content (AvgIpc) is 2.85. The molecule has 0 radical (unpaired) electrons. The van der Waals surface area contributed by atoms with Gasteiger partial charge in [0, 0.05) is 0 Å². The highest BCUT2D eigenvalue weighted by molar-refractivity contribution is 7.07. The number of nitrogens with one attached hydrogen (secondary N) is 1. The van der Waals surface area contributed by atoms with Crippen molar-refractivity contribution >= 4 is 23.4 Å². The fraction of sp³-hybridized carbons (Fsp3) is 0.636. The first-order valence-electron chi connectivity index (χ1n) is 5.89. The number of rotatable bonds is 3. The molecule has 0 saturated heterocycles. The summed E-state index contributed by atoms with van der Waals surface area (Å²) < 4.78 is 3.61. The monoisotopic (exact) mass is 269 g/mol. The fourth-order valence-corrected chi connectivity index (χ4v) is 2.85. The van der Waals surface area contributed by atoms with Crippen LogP contribution in [0.15, 0.2) is 6.20 Å². The van der Waals surface area contributed by atoms with E-state index in [1.165, 1.54) is 6.20 Å². The van der Waals surface area contributed by atoms with E-state index in [1.807, 2.05) is 6.92 Å². The number of carboxylic acid groups (broad SMARTS) is 1. The lowest BCUT2D eigenvalue weighted by Crippen LogP contribution is -2.59. The number of amides is 1. The van der Waals surface area contributed by atoms with E-state index in [2.05, 4.69) is 14.9 Å². The lowest BCUT2D eigenvalue weighted by molar-refractivity contribution is -0.148. The third-order valence-corrected chi connectivity index (χ3v) is 4.27. The van der Waals surface area contributed by atoms with Gasteiger partial charge in [0.2, 0.25) is 0 Å². The molecule has 1 fully saturated rings. The molecule has 2 rings (SSSR count). The van der Waals surface area contributed by atoms with Gasteiger partial charge in [-0.1, -0.05) is 24.3 Å². The van der Waals surface area contributed by atoms with Crippen LogP contribution in [-0.4, -0.2) is 32.1 Å². The number of aromatic nitrogens is 2. The van der Waals surface area contributed by atoms with Gasteiger partial charge in [0.15, 0.2) is 0 Å². The van der Waals surface area contributed by atoms with Crippen LogP contribution >= 0.6 is 11.5 Å². The van der Waals surface area contributed by atoms with Crippen LogP contribution in [0.1, 0.15) is 42.3 Å². The third kappa shape index (κ3) is 2.22. The first-order chi connectivity index (χ1) is 8.56. The number of carboxylic acids is 1. The summed E-state index contributed by atoms with van der Waals surface area (Å²) in [5, 5.41) is 15.7. The van der Waals surface area contributed by atoms with Crippen LogP contribution < -0.4 is 5.32 Å². The molecule has 0 bridgehead atoms. The van der Waals surface area contributed by atoms with Crippen LogP contribution in [0.5, 0.6) is 0 Å². The number of carbonyl (C=O) groups is 2. The van der Waals surface area contributed by atoms with Gasteiger partial charge in [-0.05, 0) is 30.3 Å². The molecule has 1 aromatic heterocycles. The quantitative estimate of drug-likeness (QED) is 0.863. The van der Waals surface area contributed by atoms with Crippen LogP contribution in [0.4, 0.5) is 0 Å². The lowest BCUT2D eigenvalue weighted by Gasteiger charge is -2.39. The minimum Gasteiger partial charge on any atom is -0.479 e. The van der Waals surface area contributed by atoms with Crippen molar-refractivity contribution in [3.63, 3.8) is 0 Å². The Morgan fingerprint density at radius 3 is 2.89 bits per heavy atom. The van der Waals surface area contributed by atoms with E-state index in [0.717, 1.165) is 30.8 Å². The van der Waals surface area contributed by atoms with E-state index in [-0.39, 0.29) is 5.92 Å². The predicted octanol–water partition coefficient (Wildman–Crippen LogP) is 1.30. The molecule has 0 aliphatic heterocycles. The lowest BCUT2D eigenvalue weighted by atomic mass is 9.73. The van der Waals surface area contributed by atoms with E-state index in [4.69, 9.17) is 0 Å². The van der Waals surface area contributed by atoms with Crippen LogP contribution in [0.2, 0.25) is 0 Å². The van der Waals surface area contributed by atoms with Crippen molar-refractivity contribution in [1.29, 1.82) is 0 Å². The maximum absolute atomic E-state index is 12.0. The van der Waals surface area contributed by atoms with E-state index >= 15 is 0 Å². The Morgan fingerprint density at radius 1 is 1.56 bits per heavy atom. The number of nitrogens with zero attached hydrogens (tertiary/aromatic N) is 2. The number of carbonyl (C=O) groups excluding carboxylic acids is 1. The topological polar surface area (TPSA) is 92.2 Å². The van der Waals surface area contributed by atoms with Gasteiger partial charge in [0.05, 0.1) is 6.20 Å². The SMILES string of the molecule is CC1CCCCC1(NC(=O)c1cnns1)C(=O)O. The zero-order valence-electron chi connectivity index (χ0n) is 10.0. The summed E-state index contributed by atoms with van der Waals surface area (Å²) in [6, 6.07) is 0. The summed E-state index contributed by atoms with van der Waals surface area (Å²) in [5.74, 6) is -1.43. The summed E-state index contributed by atoms with van der Waals surface area (Å²) in [5.41, 5.74) is -1.15. The largest absolute Gasteiger partial charge is 0.479 e. The first kappa shape index (κ1) is 12.9. The van der Waals surface area contributed by atoms with E-state index in [1.54, 1.807) is 0 Å². The van der Waals surface area contributed by atoms with Crippen LogP contribution in [0.3, 0.4) is 0 Å². The maximum atomic E-state index is 12.0. The molecule has 0 aromatic carbocycles. The van der Waals surface area contributed by atoms with Crippen molar-refractivity contribution in [1.82, 2.24) is 14.9 Å². The second-order valence-corrected chi connectivity index (χ2v) is 5.44. The molecule has 0 spiro atoms. The van der Waals surface area contributed by atoms with E-state index in [9.17, 15) is 14.7 Å². The molecule has 98 valence electrons. The van der Waals surface area contributed by atoms with Gasteiger partial charge in [-0.25, -0.2) is 4.79 Å². The smallest absolute Gasteiger partial charge is 0.329 e. The Hall–Kier alpha value is -1.50. The van der Waals surface area contributed by atoms with Gasteiger partial charge < -0.3 is 10.4 Å². The molecule has 18 heavy (non-hydrogen) atoms. The molecule has 6 nitrogen and oxygen atoms in total. The second kappa shape index (κ2) is 5.01. The Kier molecular flexibility index (Phi) is 3.60. The van der Waals surface area contributed by atoms with Crippen molar-refractivity contribution in [3.8, 4) is 0 Å². The first-order valence-corrected chi connectivity index (χ1v) is 6.67. The summed E-state index contributed by atoms with van der Waals surface area (Å²) in [6.07, 6.45) is 4.46. The number of hydrogen-bond donors (Lipinski definition) is 2. The van der Waals surface area contributed by atoms with Gasteiger partial charge >= 0.3 is 5.97 Å². The van der Waals surface area contributed by atoms with Gasteiger partial charge in [0.25, 0.3) is 5.91 Å². The fourth-order valence-electron chi connectivity index (χ4n) is 2.44. The molecule has 1 aromatic rings. The highest BCUT2D eigenvalue weighted by Gasteiger charge is 2.46. The molecular weight excluding hydrogens is 254 g/mol. The molecule has 1 aliphatic carbocycles. The van der Waals surface area contributed by atoms with Crippen molar-refractivity contribution in [3.05, 3.63) is 11.1 Å². The molecule has 1 aliphatic rings. The van der Waals surface area contributed by atoms with Gasteiger partial charge in [0.1, 0.15) is 10.4 Å². The molecule has 1 heterocycles. The summed E-state index contributed by atoms with van der Waals surface area (Å²) in [4.78, 5) is 23.9. The van der Waals surface area contributed by atoms with Gasteiger partial charge in [-0.3, -0.25) is 4.79 Å². The summed E-state index contributed by atoms with van der Waals surface area (Å²) in [6.45, 7) is 1.87. The van der Waals surface area contributed by atoms with Crippen LogP contribution in [0, 0.1) is 5.92 Å². The van der Waals surface area contributed by atoms with Crippen molar-refractivity contribution in [2.45, 2.75) is 38.1 Å². The second-order valence-electron chi connectivity index (χ2n) is 4.66. The van der Waals surface area contributed by atoms with Crippen molar-refractivity contribution < 1.29 is 14.7 Å². The van der Waals surface area contributed by atoms with E-state index < -0.39 is 17.4 Å². The third-order valence-electron chi connectivity index (χ3n) is 3.60. The molecule has 1 saturated carbocycles. The zero-order chi connectivity index (χ0) is 13.2. The average molecular weight is 269 g/mol. The molecule has 2 atom stereocenters. The van der Waals surface area contributed by atoms with E-state index in [0.29, 0.717) is 11.3 Å². The zero-order valence-corrected chi connectivity index (χ0v) is 10.9. The number of hydrogen-bond acceptors (Lipinski definition) is 5. The Balaban J connectivity index is 2.21. The molecule has 2 unspecified atom stereocenters. The summed E-state index contributed by atoms with van der Waals surface area (Å²) >= 11 is 0.965. The van der Waals surface area contributed by atoms with Crippen LogP contribution in [0.25, 0.3) is 0 Å². The standard InChI is InChI=1S/C11H15N3O3S/c1-7-4-2-3-5-11(7,10(16)17)13-9(15)8-6-12-14-18-8/h6-7H,2-5H2,1H3,(H,13,15)(H,16,17). The maximum Gasteiger partial charge on any atom is 0.329 e. The van der Waals surface area contributed by atoms with Gasteiger partial charge in [-0.15, -0.1) is 5.10 Å². The number of aliphatic carboxylic acids is 1. The minimum atomic E-state index is -1.15. The molecular formula is C11H15N3O3S. The Morgan fingerprint density at radius 2 is 2.33 bits per heavy atom. The Bertz CT molecular complexity index is 448. The van der Waals surface area contributed by atoms with Crippen LogP contribution in [-0.2, 0) is 4.79 Å². The minimum absolute atomic E-state index is 0.0754. The van der Waals surface area contributed by atoms with Crippen molar-refractivity contribution in [2.75, 3.05) is 0 Å². The summed E-state index contributed by atoms with van der Waals surface area (Å²) in [7, 11) is 0. The highest BCUT2D eigenvalue weighted by atomic mass is 32.1. The molecule has 1 amide bonds. The highest BCUT2D eigenvalue weighted by Crippen LogP contribution is 2.34. The van der Waals surface area contributed by atoms with Gasteiger partial charge in [-0.2, -0.15) is 0 Å². The normalized spacial score (nSPS) is 27.7. The van der Waals surface area contributed by atoms with Crippen molar-refractivity contribution in [2.24, 2.45) is 5.92 Å². The molecule has 7 heteroatoms.